The zero-order valence-electron chi connectivity index (χ0n) is 8.98. The van der Waals surface area contributed by atoms with Crippen LogP contribution < -0.4 is 5.32 Å². The zero-order chi connectivity index (χ0) is 10.8. The summed E-state index contributed by atoms with van der Waals surface area (Å²) >= 11 is 3.66. The molecule has 1 aromatic carbocycles. The summed E-state index contributed by atoms with van der Waals surface area (Å²) in [6, 6.07) is 9.16. The minimum atomic E-state index is 0.816. The van der Waals surface area contributed by atoms with Crippen molar-refractivity contribution in [2.24, 2.45) is 0 Å². The van der Waals surface area contributed by atoms with Crippen molar-refractivity contribution in [2.45, 2.75) is 23.2 Å². The lowest BCUT2D eigenvalue weighted by Crippen LogP contribution is -2.18. The third kappa shape index (κ3) is 2.56. The first kappa shape index (κ1) is 10.6. The van der Waals surface area contributed by atoms with Gasteiger partial charge in [0, 0.05) is 18.3 Å². The fourth-order valence-corrected chi connectivity index (χ4v) is 3.61. The Kier molecular flexibility index (Phi) is 3.13. The van der Waals surface area contributed by atoms with Crippen molar-refractivity contribution in [3.63, 3.8) is 0 Å². The number of aromatic nitrogens is 1. The molecule has 0 saturated heterocycles. The molecule has 4 heteroatoms. The summed E-state index contributed by atoms with van der Waals surface area (Å²) in [6.07, 6.45) is 2.73. The number of nitrogens with zero attached hydrogens (tertiary/aromatic N) is 1. The number of hydrogen-bond donors (Lipinski definition) is 1. The van der Waals surface area contributed by atoms with Gasteiger partial charge < -0.3 is 5.32 Å². The summed E-state index contributed by atoms with van der Waals surface area (Å²) in [7, 11) is 0. The monoisotopic (exact) mass is 250 g/mol. The Labute approximate surface area is 103 Å². The number of rotatable bonds is 5. The van der Waals surface area contributed by atoms with Gasteiger partial charge >= 0.3 is 0 Å². The molecule has 84 valence electrons. The van der Waals surface area contributed by atoms with E-state index in [1.807, 2.05) is 17.8 Å². The summed E-state index contributed by atoms with van der Waals surface area (Å²) in [5, 5.41) is 3.52. The van der Waals surface area contributed by atoms with E-state index in [0.29, 0.717) is 0 Å². The van der Waals surface area contributed by atoms with Gasteiger partial charge in [-0.2, -0.15) is 0 Å². The lowest BCUT2D eigenvalue weighted by atomic mass is 10.3. The highest BCUT2D eigenvalue weighted by Gasteiger charge is 2.19. The van der Waals surface area contributed by atoms with Crippen molar-refractivity contribution in [3.05, 3.63) is 24.3 Å². The fraction of sp³-hybridized carbons (Fsp3) is 0.417. The molecule has 2 aromatic rings. The molecule has 3 rings (SSSR count). The van der Waals surface area contributed by atoms with Crippen LogP contribution in [-0.2, 0) is 0 Å². The topological polar surface area (TPSA) is 24.9 Å². The van der Waals surface area contributed by atoms with Crippen LogP contribution in [0.4, 0.5) is 0 Å². The lowest BCUT2D eigenvalue weighted by molar-refractivity contribution is 0.726. The molecule has 0 bridgehead atoms. The Balaban J connectivity index is 1.56. The average molecular weight is 250 g/mol. The van der Waals surface area contributed by atoms with Gasteiger partial charge in [0.1, 0.15) is 0 Å². The van der Waals surface area contributed by atoms with Crippen molar-refractivity contribution in [1.82, 2.24) is 10.3 Å². The Morgan fingerprint density at radius 1 is 1.38 bits per heavy atom. The summed E-state index contributed by atoms with van der Waals surface area (Å²) in [6.45, 7) is 1.10. The van der Waals surface area contributed by atoms with Crippen LogP contribution in [0.1, 0.15) is 12.8 Å². The van der Waals surface area contributed by atoms with E-state index in [9.17, 15) is 0 Å². The highest BCUT2D eigenvalue weighted by atomic mass is 32.2. The second-order valence-corrected chi connectivity index (χ2v) is 6.40. The van der Waals surface area contributed by atoms with E-state index in [1.165, 1.54) is 21.9 Å². The van der Waals surface area contributed by atoms with Crippen LogP contribution in [0.3, 0.4) is 0 Å². The maximum atomic E-state index is 4.60. The first-order chi connectivity index (χ1) is 7.92. The number of thioether (sulfide) groups is 1. The standard InChI is InChI=1S/C12H14N2S2/c1-2-4-11-10(3-1)14-12(16-11)15-8-7-13-9-5-6-9/h1-4,9,13H,5-8H2. The van der Waals surface area contributed by atoms with Crippen LogP contribution in [0.2, 0.25) is 0 Å². The first-order valence-corrected chi connectivity index (χ1v) is 7.44. The van der Waals surface area contributed by atoms with Crippen molar-refractivity contribution >= 4 is 33.3 Å². The number of benzene rings is 1. The maximum Gasteiger partial charge on any atom is 0.151 e. The minimum Gasteiger partial charge on any atom is -0.313 e. The predicted molar refractivity (Wildman–Crippen MR) is 71.4 cm³/mol. The molecule has 1 N–H and O–H groups in total. The van der Waals surface area contributed by atoms with E-state index in [-0.39, 0.29) is 0 Å². The summed E-state index contributed by atoms with van der Waals surface area (Å²) < 4.78 is 2.49. The van der Waals surface area contributed by atoms with Crippen LogP contribution in [-0.4, -0.2) is 23.3 Å². The molecule has 0 amide bonds. The number of para-hydroxylation sites is 1. The third-order valence-electron chi connectivity index (χ3n) is 2.61. The van der Waals surface area contributed by atoms with E-state index in [0.717, 1.165) is 23.9 Å². The first-order valence-electron chi connectivity index (χ1n) is 5.63. The molecule has 0 unspecified atom stereocenters. The van der Waals surface area contributed by atoms with Crippen molar-refractivity contribution in [3.8, 4) is 0 Å². The van der Waals surface area contributed by atoms with Crippen LogP contribution in [0.25, 0.3) is 10.2 Å². The molecular formula is C12H14N2S2. The molecular weight excluding hydrogens is 236 g/mol. The molecule has 0 atom stereocenters. The Hall–Kier alpha value is -0.580. The van der Waals surface area contributed by atoms with E-state index >= 15 is 0 Å². The number of thiazole rings is 1. The smallest absolute Gasteiger partial charge is 0.151 e. The van der Waals surface area contributed by atoms with Crippen LogP contribution in [0.15, 0.2) is 28.6 Å². The summed E-state index contributed by atoms with van der Waals surface area (Å²) in [4.78, 5) is 4.60. The quantitative estimate of drug-likeness (QED) is 0.652. The molecule has 1 heterocycles. The average Bonchev–Trinajstić information content (AvgIpc) is 3.03. The van der Waals surface area contributed by atoms with E-state index < -0.39 is 0 Å². The van der Waals surface area contributed by atoms with Gasteiger partial charge in [-0.3, -0.25) is 0 Å². The number of hydrogen-bond acceptors (Lipinski definition) is 4. The highest BCUT2D eigenvalue weighted by Crippen LogP contribution is 2.29. The number of fused-ring (bicyclic) bond motifs is 1. The fourth-order valence-electron chi connectivity index (χ4n) is 1.60. The van der Waals surface area contributed by atoms with Crippen molar-refractivity contribution in [1.29, 1.82) is 0 Å². The summed E-state index contributed by atoms with van der Waals surface area (Å²) in [5.74, 6) is 1.12. The normalized spacial score (nSPS) is 15.8. The molecule has 1 fully saturated rings. The molecule has 1 aliphatic carbocycles. The van der Waals surface area contributed by atoms with Crippen LogP contribution in [0, 0.1) is 0 Å². The van der Waals surface area contributed by atoms with Gasteiger partial charge in [-0.25, -0.2) is 4.98 Å². The van der Waals surface area contributed by atoms with Crippen LogP contribution in [0.5, 0.6) is 0 Å². The Morgan fingerprint density at radius 3 is 3.06 bits per heavy atom. The zero-order valence-corrected chi connectivity index (χ0v) is 10.6. The largest absolute Gasteiger partial charge is 0.313 e. The van der Waals surface area contributed by atoms with Crippen molar-refractivity contribution in [2.75, 3.05) is 12.3 Å². The van der Waals surface area contributed by atoms with Gasteiger partial charge in [-0.15, -0.1) is 11.3 Å². The predicted octanol–water partition coefficient (Wildman–Crippen LogP) is 3.14. The molecule has 16 heavy (non-hydrogen) atoms. The molecule has 0 spiro atoms. The SMILES string of the molecule is c1ccc2sc(SCCNC3CC3)nc2c1. The van der Waals surface area contributed by atoms with Gasteiger partial charge in [0.05, 0.1) is 10.2 Å². The van der Waals surface area contributed by atoms with E-state index in [1.54, 1.807) is 11.3 Å². The minimum absolute atomic E-state index is 0.816. The number of nitrogens with one attached hydrogen (secondary N) is 1. The third-order valence-corrected chi connectivity index (χ3v) is 4.79. The van der Waals surface area contributed by atoms with Gasteiger partial charge in [0.15, 0.2) is 4.34 Å². The van der Waals surface area contributed by atoms with Crippen molar-refractivity contribution < 1.29 is 0 Å². The Morgan fingerprint density at radius 2 is 2.25 bits per heavy atom. The Bertz CT molecular complexity index is 444. The lowest BCUT2D eigenvalue weighted by Gasteiger charge is -1.99. The molecule has 2 nitrogen and oxygen atoms in total. The van der Waals surface area contributed by atoms with Gasteiger partial charge in [0.25, 0.3) is 0 Å². The highest BCUT2D eigenvalue weighted by molar-refractivity contribution is 8.01. The summed E-state index contributed by atoms with van der Waals surface area (Å²) in [5.41, 5.74) is 1.13. The second-order valence-electron chi connectivity index (χ2n) is 4.02. The van der Waals surface area contributed by atoms with Gasteiger partial charge in [-0.1, -0.05) is 23.9 Å². The second kappa shape index (κ2) is 4.73. The molecule has 1 saturated carbocycles. The molecule has 1 aromatic heterocycles. The molecule has 0 radical (unpaired) electrons. The van der Waals surface area contributed by atoms with Gasteiger partial charge in [-0.05, 0) is 25.0 Å². The maximum absolute atomic E-state index is 4.60. The molecule has 0 aliphatic heterocycles. The van der Waals surface area contributed by atoms with E-state index in [4.69, 9.17) is 0 Å². The van der Waals surface area contributed by atoms with Gasteiger partial charge in [0.2, 0.25) is 0 Å². The van der Waals surface area contributed by atoms with E-state index in [2.05, 4.69) is 28.5 Å². The molecule has 1 aliphatic rings. The van der Waals surface area contributed by atoms with Crippen LogP contribution >= 0.6 is 23.1 Å².